The standard InChI is InChI=1S/C14H13N3/c1-3-8-16-12(5-1)14(7-10-15-11-14)13-6-2-4-9-17-13/h1-6,8-9,11H,7,10H2. The van der Waals surface area contributed by atoms with Gasteiger partial charge in [0.05, 0.1) is 16.8 Å². The molecule has 1 aliphatic rings. The average molecular weight is 223 g/mol. The lowest BCUT2D eigenvalue weighted by atomic mass is 9.80. The molecule has 0 atom stereocenters. The molecule has 84 valence electrons. The molecule has 2 aromatic heterocycles. The Morgan fingerprint density at radius 2 is 1.53 bits per heavy atom. The SMILES string of the molecule is C1=NCCC1(c1ccccn1)c1ccccn1. The third-order valence-electron chi connectivity index (χ3n) is 3.19. The van der Waals surface area contributed by atoms with Gasteiger partial charge in [0.1, 0.15) is 0 Å². The predicted octanol–water partition coefficient (Wildman–Crippen LogP) is 2.24. The molecule has 3 heteroatoms. The average Bonchev–Trinajstić information content (AvgIpc) is 2.91. The number of rotatable bonds is 2. The summed E-state index contributed by atoms with van der Waals surface area (Å²) in [7, 11) is 0. The first kappa shape index (κ1) is 10.1. The number of aromatic nitrogens is 2. The van der Waals surface area contributed by atoms with E-state index in [1.54, 1.807) is 0 Å². The molecule has 0 unspecified atom stereocenters. The summed E-state index contributed by atoms with van der Waals surface area (Å²) in [6.45, 7) is 0.840. The molecule has 0 aliphatic carbocycles. The van der Waals surface area contributed by atoms with Crippen LogP contribution in [0.1, 0.15) is 17.8 Å². The van der Waals surface area contributed by atoms with Crippen molar-refractivity contribution in [3.8, 4) is 0 Å². The van der Waals surface area contributed by atoms with Crippen molar-refractivity contribution in [2.45, 2.75) is 11.8 Å². The Labute approximate surface area is 100 Å². The van der Waals surface area contributed by atoms with Crippen molar-refractivity contribution in [2.24, 2.45) is 4.99 Å². The number of hydrogen-bond donors (Lipinski definition) is 0. The molecule has 0 N–H and O–H groups in total. The zero-order valence-corrected chi connectivity index (χ0v) is 9.45. The fraction of sp³-hybridized carbons (Fsp3) is 0.214. The smallest absolute Gasteiger partial charge is 0.0911 e. The molecule has 0 aromatic carbocycles. The van der Waals surface area contributed by atoms with Crippen LogP contribution < -0.4 is 0 Å². The van der Waals surface area contributed by atoms with Gasteiger partial charge in [-0.25, -0.2) is 0 Å². The highest BCUT2D eigenvalue weighted by atomic mass is 14.8. The summed E-state index contributed by atoms with van der Waals surface area (Å²) >= 11 is 0. The third-order valence-corrected chi connectivity index (χ3v) is 3.19. The van der Waals surface area contributed by atoms with Crippen molar-refractivity contribution >= 4 is 6.21 Å². The van der Waals surface area contributed by atoms with Gasteiger partial charge in [0, 0.05) is 25.2 Å². The highest BCUT2D eigenvalue weighted by Gasteiger charge is 2.37. The third kappa shape index (κ3) is 1.64. The van der Waals surface area contributed by atoms with Crippen LogP contribution in [0.15, 0.2) is 53.8 Å². The molecule has 0 amide bonds. The summed E-state index contributed by atoms with van der Waals surface area (Å²) in [4.78, 5) is 13.3. The summed E-state index contributed by atoms with van der Waals surface area (Å²) in [5.41, 5.74) is 1.82. The maximum atomic E-state index is 4.48. The first-order chi connectivity index (χ1) is 8.42. The van der Waals surface area contributed by atoms with E-state index in [9.17, 15) is 0 Å². The van der Waals surface area contributed by atoms with E-state index in [0.29, 0.717) is 0 Å². The number of hydrogen-bond acceptors (Lipinski definition) is 3. The number of pyridine rings is 2. The van der Waals surface area contributed by atoms with E-state index < -0.39 is 0 Å². The lowest BCUT2D eigenvalue weighted by Crippen LogP contribution is -2.29. The van der Waals surface area contributed by atoms with Gasteiger partial charge in [0.25, 0.3) is 0 Å². The predicted molar refractivity (Wildman–Crippen MR) is 67.2 cm³/mol. The molecule has 1 aliphatic heterocycles. The maximum absolute atomic E-state index is 4.48. The van der Waals surface area contributed by atoms with Crippen LogP contribution in [-0.2, 0) is 5.41 Å². The summed E-state index contributed by atoms with van der Waals surface area (Å²) in [6, 6.07) is 12.0. The van der Waals surface area contributed by atoms with Crippen molar-refractivity contribution < 1.29 is 0 Å². The van der Waals surface area contributed by atoms with Gasteiger partial charge in [-0.2, -0.15) is 0 Å². The van der Waals surface area contributed by atoms with Gasteiger partial charge in [-0.3, -0.25) is 15.0 Å². The van der Waals surface area contributed by atoms with E-state index in [0.717, 1.165) is 24.4 Å². The van der Waals surface area contributed by atoms with E-state index in [4.69, 9.17) is 0 Å². The van der Waals surface area contributed by atoms with Crippen molar-refractivity contribution in [1.29, 1.82) is 0 Å². The molecule has 0 saturated carbocycles. The Hall–Kier alpha value is -2.03. The molecule has 0 spiro atoms. The van der Waals surface area contributed by atoms with Crippen LogP contribution >= 0.6 is 0 Å². The van der Waals surface area contributed by atoms with Crippen molar-refractivity contribution in [2.75, 3.05) is 6.54 Å². The van der Waals surface area contributed by atoms with Crippen molar-refractivity contribution in [3.63, 3.8) is 0 Å². The molecule has 2 aromatic rings. The fourth-order valence-electron chi connectivity index (χ4n) is 2.30. The van der Waals surface area contributed by atoms with Crippen LogP contribution in [0.3, 0.4) is 0 Å². The molecule has 0 radical (unpaired) electrons. The fourth-order valence-corrected chi connectivity index (χ4v) is 2.30. The first-order valence-corrected chi connectivity index (χ1v) is 5.76. The summed E-state index contributed by atoms with van der Waals surface area (Å²) in [5.74, 6) is 0. The van der Waals surface area contributed by atoms with Gasteiger partial charge in [0.15, 0.2) is 0 Å². The van der Waals surface area contributed by atoms with E-state index in [1.807, 2.05) is 55.0 Å². The molecule has 0 fully saturated rings. The lowest BCUT2D eigenvalue weighted by Gasteiger charge is -2.24. The van der Waals surface area contributed by atoms with Crippen molar-refractivity contribution in [1.82, 2.24) is 9.97 Å². The largest absolute Gasteiger partial charge is 0.296 e. The Morgan fingerprint density at radius 1 is 0.882 bits per heavy atom. The second-order valence-electron chi connectivity index (χ2n) is 4.19. The van der Waals surface area contributed by atoms with Crippen LogP contribution in [0.4, 0.5) is 0 Å². The Morgan fingerprint density at radius 3 is 1.94 bits per heavy atom. The lowest BCUT2D eigenvalue weighted by molar-refractivity contribution is 0.637. The Balaban J connectivity index is 2.15. The van der Waals surface area contributed by atoms with E-state index in [1.165, 1.54) is 0 Å². The molecule has 3 heterocycles. The van der Waals surface area contributed by atoms with Crippen LogP contribution in [0.2, 0.25) is 0 Å². The molecule has 17 heavy (non-hydrogen) atoms. The van der Waals surface area contributed by atoms with Gasteiger partial charge in [-0.05, 0) is 30.7 Å². The Kier molecular flexibility index (Phi) is 2.44. The zero-order chi connectivity index (χ0) is 11.6. The number of nitrogens with zero attached hydrogens (tertiary/aromatic N) is 3. The van der Waals surface area contributed by atoms with Gasteiger partial charge >= 0.3 is 0 Å². The molecular formula is C14H13N3. The monoisotopic (exact) mass is 223 g/mol. The van der Waals surface area contributed by atoms with Gasteiger partial charge in [0.2, 0.25) is 0 Å². The molecule has 0 bridgehead atoms. The van der Waals surface area contributed by atoms with Crippen LogP contribution in [0, 0.1) is 0 Å². The van der Waals surface area contributed by atoms with Crippen molar-refractivity contribution in [3.05, 3.63) is 60.2 Å². The first-order valence-electron chi connectivity index (χ1n) is 5.76. The molecule has 3 rings (SSSR count). The van der Waals surface area contributed by atoms with Gasteiger partial charge in [-0.1, -0.05) is 12.1 Å². The minimum absolute atomic E-state index is 0.234. The second kappa shape index (κ2) is 4.09. The topological polar surface area (TPSA) is 38.1 Å². The summed E-state index contributed by atoms with van der Waals surface area (Å²) in [5, 5.41) is 0. The second-order valence-corrected chi connectivity index (χ2v) is 4.19. The highest BCUT2D eigenvalue weighted by molar-refractivity contribution is 5.79. The minimum atomic E-state index is -0.234. The van der Waals surface area contributed by atoms with Gasteiger partial charge < -0.3 is 0 Å². The maximum Gasteiger partial charge on any atom is 0.0911 e. The van der Waals surface area contributed by atoms with Crippen LogP contribution in [0.25, 0.3) is 0 Å². The normalized spacial score (nSPS) is 17.2. The minimum Gasteiger partial charge on any atom is -0.296 e. The van der Waals surface area contributed by atoms with E-state index in [-0.39, 0.29) is 5.41 Å². The number of aliphatic imine (C=N–C) groups is 1. The van der Waals surface area contributed by atoms with Crippen LogP contribution in [-0.4, -0.2) is 22.7 Å². The highest BCUT2D eigenvalue weighted by Crippen LogP contribution is 2.34. The summed E-state index contributed by atoms with van der Waals surface area (Å²) < 4.78 is 0. The Bertz CT molecular complexity index is 480. The van der Waals surface area contributed by atoms with E-state index >= 15 is 0 Å². The molecular weight excluding hydrogens is 210 g/mol. The van der Waals surface area contributed by atoms with E-state index in [2.05, 4.69) is 15.0 Å². The van der Waals surface area contributed by atoms with Gasteiger partial charge in [-0.15, -0.1) is 0 Å². The summed E-state index contributed by atoms with van der Waals surface area (Å²) in [6.07, 6.45) is 6.59. The molecule has 0 saturated heterocycles. The quantitative estimate of drug-likeness (QED) is 0.783. The molecule has 3 nitrogen and oxygen atoms in total. The zero-order valence-electron chi connectivity index (χ0n) is 9.45. The van der Waals surface area contributed by atoms with Crippen LogP contribution in [0.5, 0.6) is 0 Å².